The predicted molar refractivity (Wildman–Crippen MR) is 243 cm³/mol. The first-order valence-electron chi connectivity index (χ1n) is 20.9. The number of rotatable bonds is 7. The van der Waals surface area contributed by atoms with Crippen molar-refractivity contribution in [3.05, 3.63) is 168 Å². The Hall–Kier alpha value is -8.27. The van der Waals surface area contributed by atoms with Crippen LogP contribution in [0.3, 0.4) is 0 Å². The molecule has 10 aromatic rings. The molecule has 0 fully saturated rings. The third-order valence-electron chi connectivity index (χ3n) is 11.1. The number of aromatic nitrogens is 10. The zero-order chi connectivity index (χ0) is 46.8. The fourth-order valence-corrected chi connectivity index (χ4v) is 8.26. The molecule has 10 rings (SSSR count). The molecule has 0 saturated heterocycles. The summed E-state index contributed by atoms with van der Waals surface area (Å²) in [5, 5.41) is 1.42. The van der Waals surface area contributed by atoms with Gasteiger partial charge in [0.1, 0.15) is 23.3 Å². The fourth-order valence-electron chi connectivity index (χ4n) is 8.26. The van der Waals surface area contributed by atoms with Crippen molar-refractivity contribution in [2.75, 3.05) is 0 Å². The van der Waals surface area contributed by atoms with Crippen molar-refractivity contribution < 1.29 is 26.3 Å². The maximum Gasteiger partial charge on any atom is 0.417 e. The van der Waals surface area contributed by atoms with E-state index in [1.165, 1.54) is 12.1 Å². The van der Waals surface area contributed by atoms with Crippen molar-refractivity contribution in [1.82, 2.24) is 49.4 Å². The van der Waals surface area contributed by atoms with Gasteiger partial charge in [-0.1, -0.05) is 72.8 Å². The van der Waals surface area contributed by atoms with Gasteiger partial charge in [-0.3, -0.25) is 0 Å². The van der Waals surface area contributed by atoms with Crippen LogP contribution in [-0.2, 0) is 12.4 Å². The topological polar surface area (TPSA) is 121 Å². The van der Waals surface area contributed by atoms with Crippen molar-refractivity contribution in [3.63, 3.8) is 0 Å². The highest BCUT2D eigenvalue weighted by Gasteiger charge is 2.38. The SMILES string of the molecule is Cc1nc(C)nc(-c2ccc3c(c2)c2cc(-c4nc(C)nc(C)n4)ccc2n3-c2cc(-c3ccc(C(F)(F)F)cc3C(F)(F)F)ccc2-c2nc(-c3ccccc3)nc(-c3ccccc3)n2)n1. The second-order valence-electron chi connectivity index (χ2n) is 15.8. The molecule has 0 saturated carbocycles. The van der Waals surface area contributed by atoms with E-state index in [4.69, 9.17) is 15.0 Å². The van der Waals surface area contributed by atoms with Gasteiger partial charge < -0.3 is 4.57 Å². The summed E-state index contributed by atoms with van der Waals surface area (Å²) in [6, 6.07) is 36.0. The Morgan fingerprint density at radius 2 is 0.791 bits per heavy atom. The standard InChI is InChI=1S/C51H34F6N10/c1-27-58-28(2)61-47(60-27)34-16-21-42-39(23-34)40-24-35(48-62-29(3)59-30(4)63-48)17-22-43(40)67(42)44-25-33(37-20-18-36(50(52,53)54)26-41(37)51(55,56)57)15-19-38(44)49-65-45(31-11-7-5-8-12-31)64-46(66-49)32-13-9-6-10-14-32/h5-26H,1-4H3. The molecular weight excluding hydrogens is 867 g/mol. The molecule has 16 heteroatoms. The van der Waals surface area contributed by atoms with Crippen LogP contribution in [0, 0.1) is 27.7 Å². The molecule has 0 unspecified atom stereocenters. The summed E-state index contributed by atoms with van der Waals surface area (Å²) in [5.74, 6) is 3.83. The monoisotopic (exact) mass is 900 g/mol. The Balaban J connectivity index is 1.31. The van der Waals surface area contributed by atoms with Crippen LogP contribution in [0.25, 0.3) is 95.6 Å². The molecule has 0 aliphatic rings. The van der Waals surface area contributed by atoms with Crippen molar-refractivity contribution in [1.29, 1.82) is 0 Å². The zero-order valence-electron chi connectivity index (χ0n) is 35.9. The highest BCUT2D eigenvalue weighted by atomic mass is 19.4. The van der Waals surface area contributed by atoms with Gasteiger partial charge in [-0.15, -0.1) is 0 Å². The van der Waals surface area contributed by atoms with Crippen molar-refractivity contribution in [3.8, 4) is 73.8 Å². The van der Waals surface area contributed by atoms with E-state index in [1.54, 1.807) is 33.8 Å². The molecule has 10 nitrogen and oxygen atoms in total. The van der Waals surface area contributed by atoms with Crippen LogP contribution < -0.4 is 0 Å². The molecule has 0 N–H and O–H groups in total. The van der Waals surface area contributed by atoms with Gasteiger partial charge in [0, 0.05) is 38.6 Å². The normalized spacial score (nSPS) is 12.0. The van der Waals surface area contributed by atoms with Crippen LogP contribution in [0.2, 0.25) is 0 Å². The van der Waals surface area contributed by atoms with Gasteiger partial charge in [0.2, 0.25) is 0 Å². The Morgan fingerprint density at radius 3 is 1.25 bits per heavy atom. The number of halogens is 6. The minimum Gasteiger partial charge on any atom is -0.308 e. The quantitative estimate of drug-likeness (QED) is 0.144. The smallest absolute Gasteiger partial charge is 0.308 e. The van der Waals surface area contributed by atoms with Crippen LogP contribution in [0.5, 0.6) is 0 Å². The maximum absolute atomic E-state index is 14.9. The van der Waals surface area contributed by atoms with Gasteiger partial charge in [-0.05, 0) is 99.5 Å². The average molecular weight is 901 g/mol. The molecule has 0 aliphatic carbocycles. The average Bonchev–Trinajstić information content (AvgIpc) is 3.63. The number of aryl methyl sites for hydroxylation is 4. The largest absolute Gasteiger partial charge is 0.417 e. The van der Waals surface area contributed by atoms with Gasteiger partial charge in [0.25, 0.3) is 0 Å². The molecule has 4 aromatic heterocycles. The van der Waals surface area contributed by atoms with Gasteiger partial charge in [0.05, 0.1) is 27.8 Å². The van der Waals surface area contributed by atoms with Crippen LogP contribution in [0.4, 0.5) is 26.3 Å². The van der Waals surface area contributed by atoms with E-state index in [-0.39, 0.29) is 17.5 Å². The van der Waals surface area contributed by atoms with Gasteiger partial charge in [-0.25, -0.2) is 44.9 Å². The lowest BCUT2D eigenvalue weighted by Crippen LogP contribution is -2.12. The van der Waals surface area contributed by atoms with Crippen LogP contribution in [0.15, 0.2) is 133 Å². The lowest BCUT2D eigenvalue weighted by atomic mass is 9.95. The number of fused-ring (bicyclic) bond motifs is 3. The van der Waals surface area contributed by atoms with E-state index >= 15 is 0 Å². The van der Waals surface area contributed by atoms with E-state index in [1.807, 2.05) is 102 Å². The lowest BCUT2D eigenvalue weighted by Gasteiger charge is -2.19. The van der Waals surface area contributed by atoms with Gasteiger partial charge >= 0.3 is 12.4 Å². The Morgan fingerprint density at radius 1 is 0.358 bits per heavy atom. The van der Waals surface area contributed by atoms with Gasteiger partial charge in [0.15, 0.2) is 29.1 Å². The summed E-state index contributed by atoms with van der Waals surface area (Å²) >= 11 is 0. The van der Waals surface area contributed by atoms with Crippen molar-refractivity contribution >= 4 is 21.8 Å². The van der Waals surface area contributed by atoms with Crippen molar-refractivity contribution in [2.45, 2.75) is 40.0 Å². The number of benzene rings is 6. The van der Waals surface area contributed by atoms with Crippen LogP contribution >= 0.6 is 0 Å². The van der Waals surface area contributed by atoms with Crippen LogP contribution in [-0.4, -0.2) is 49.4 Å². The third-order valence-corrected chi connectivity index (χ3v) is 11.1. The molecule has 4 heterocycles. The molecule has 0 aliphatic heterocycles. The zero-order valence-corrected chi connectivity index (χ0v) is 35.9. The number of hydrogen-bond donors (Lipinski definition) is 0. The Labute approximate surface area is 378 Å². The second-order valence-corrected chi connectivity index (χ2v) is 15.8. The predicted octanol–water partition coefficient (Wildman–Crippen LogP) is 12.6. The molecule has 0 radical (unpaired) electrons. The van der Waals surface area contributed by atoms with Gasteiger partial charge in [-0.2, -0.15) is 26.3 Å². The van der Waals surface area contributed by atoms with E-state index in [0.717, 1.165) is 6.07 Å². The number of alkyl halides is 6. The lowest BCUT2D eigenvalue weighted by molar-refractivity contribution is -0.142. The minimum atomic E-state index is -5.14. The molecule has 67 heavy (non-hydrogen) atoms. The minimum absolute atomic E-state index is 0.00377. The Bertz CT molecular complexity index is 3350. The molecule has 0 atom stereocenters. The van der Waals surface area contributed by atoms with E-state index in [9.17, 15) is 26.3 Å². The maximum atomic E-state index is 14.9. The highest BCUT2D eigenvalue weighted by molar-refractivity contribution is 6.12. The molecule has 0 spiro atoms. The Kier molecular flexibility index (Phi) is 10.4. The highest BCUT2D eigenvalue weighted by Crippen LogP contribution is 2.44. The van der Waals surface area contributed by atoms with Crippen LogP contribution in [0.1, 0.15) is 34.4 Å². The second kappa shape index (κ2) is 16.3. The number of hydrogen-bond acceptors (Lipinski definition) is 9. The molecule has 330 valence electrons. The molecular formula is C51H34F6N10. The summed E-state index contributed by atoms with van der Waals surface area (Å²) in [6.07, 6.45) is -10.2. The van der Waals surface area contributed by atoms with E-state index < -0.39 is 29.0 Å². The van der Waals surface area contributed by atoms with E-state index in [0.29, 0.717) is 108 Å². The summed E-state index contributed by atoms with van der Waals surface area (Å²) in [6.45, 7) is 7.10. The first-order chi connectivity index (χ1) is 32.1. The summed E-state index contributed by atoms with van der Waals surface area (Å²) in [4.78, 5) is 42.0. The third kappa shape index (κ3) is 8.22. The summed E-state index contributed by atoms with van der Waals surface area (Å²) in [7, 11) is 0. The molecule has 6 aromatic carbocycles. The first-order valence-corrected chi connectivity index (χ1v) is 20.9. The first kappa shape index (κ1) is 42.7. The molecule has 0 bridgehead atoms. The van der Waals surface area contributed by atoms with Crippen molar-refractivity contribution in [2.24, 2.45) is 0 Å². The summed E-state index contributed by atoms with van der Waals surface area (Å²) < 4.78 is 88.3. The molecule has 0 amide bonds. The number of nitrogens with zero attached hydrogens (tertiary/aromatic N) is 10. The fraction of sp³-hybridized carbons (Fsp3) is 0.118. The summed E-state index contributed by atoms with van der Waals surface area (Å²) in [5.41, 5.74) is 1.33. The van der Waals surface area contributed by atoms with E-state index in [2.05, 4.69) is 29.9 Å².